The summed E-state index contributed by atoms with van der Waals surface area (Å²) in [6.45, 7) is 3.63. The molecule has 1 nitrogen and oxygen atoms in total. The monoisotopic (exact) mass is 180 g/mol. The van der Waals surface area contributed by atoms with E-state index in [2.05, 4.69) is 6.58 Å². The molecular formula is C11H13FO. The van der Waals surface area contributed by atoms with E-state index >= 15 is 0 Å². The Labute approximate surface area is 77.8 Å². The van der Waals surface area contributed by atoms with Gasteiger partial charge in [0.2, 0.25) is 0 Å². The second-order valence-corrected chi connectivity index (χ2v) is 2.80. The topological polar surface area (TPSA) is 9.23 Å². The van der Waals surface area contributed by atoms with Crippen LogP contribution in [0.25, 0.3) is 0 Å². The van der Waals surface area contributed by atoms with E-state index in [9.17, 15) is 4.39 Å². The average molecular weight is 180 g/mol. The molecule has 0 aliphatic heterocycles. The number of rotatable bonds is 4. The van der Waals surface area contributed by atoms with E-state index in [0.29, 0.717) is 5.75 Å². The van der Waals surface area contributed by atoms with Crippen molar-refractivity contribution in [1.29, 1.82) is 0 Å². The van der Waals surface area contributed by atoms with Crippen molar-refractivity contribution in [3.63, 3.8) is 0 Å². The lowest BCUT2D eigenvalue weighted by Crippen LogP contribution is -1.90. The molecule has 1 aromatic rings. The van der Waals surface area contributed by atoms with Crippen LogP contribution in [0.15, 0.2) is 30.9 Å². The maximum atomic E-state index is 12.9. The number of hydrogen-bond donors (Lipinski definition) is 0. The summed E-state index contributed by atoms with van der Waals surface area (Å²) < 4.78 is 17.8. The van der Waals surface area contributed by atoms with Crippen LogP contribution in [0.3, 0.4) is 0 Å². The third kappa shape index (κ3) is 2.58. The Morgan fingerprint density at radius 2 is 2.31 bits per heavy atom. The van der Waals surface area contributed by atoms with Crippen LogP contribution in [0.5, 0.6) is 5.75 Å². The highest BCUT2D eigenvalue weighted by Gasteiger charge is 2.02. The Morgan fingerprint density at radius 1 is 1.54 bits per heavy atom. The minimum atomic E-state index is -0.315. The van der Waals surface area contributed by atoms with Gasteiger partial charge in [-0.15, -0.1) is 6.58 Å². The van der Waals surface area contributed by atoms with Gasteiger partial charge in [0.1, 0.15) is 0 Å². The van der Waals surface area contributed by atoms with Crippen LogP contribution in [-0.2, 0) is 6.42 Å². The maximum Gasteiger partial charge on any atom is 0.165 e. The molecule has 0 bridgehead atoms. The van der Waals surface area contributed by atoms with Crippen LogP contribution in [0, 0.1) is 5.82 Å². The SMILES string of the molecule is C=CCCc1ccc(F)c(OC)c1. The van der Waals surface area contributed by atoms with Crippen molar-refractivity contribution in [1.82, 2.24) is 0 Å². The normalized spacial score (nSPS) is 9.69. The molecule has 0 amide bonds. The second kappa shape index (κ2) is 4.65. The molecule has 0 N–H and O–H groups in total. The van der Waals surface area contributed by atoms with Crippen LogP contribution in [0.4, 0.5) is 4.39 Å². The van der Waals surface area contributed by atoms with E-state index in [1.165, 1.54) is 13.2 Å². The Bertz CT molecular complexity index is 294. The van der Waals surface area contributed by atoms with Gasteiger partial charge >= 0.3 is 0 Å². The van der Waals surface area contributed by atoms with Gasteiger partial charge in [-0.1, -0.05) is 12.1 Å². The number of allylic oxidation sites excluding steroid dienone is 1. The summed E-state index contributed by atoms with van der Waals surface area (Å²) in [5.74, 6) is -0.00795. The first-order chi connectivity index (χ1) is 6.27. The smallest absolute Gasteiger partial charge is 0.165 e. The van der Waals surface area contributed by atoms with Crippen molar-refractivity contribution >= 4 is 0 Å². The van der Waals surface area contributed by atoms with Gasteiger partial charge in [0.15, 0.2) is 11.6 Å². The van der Waals surface area contributed by atoms with Crippen molar-refractivity contribution in [2.24, 2.45) is 0 Å². The zero-order valence-electron chi connectivity index (χ0n) is 7.72. The van der Waals surface area contributed by atoms with Crippen LogP contribution in [0.1, 0.15) is 12.0 Å². The lowest BCUT2D eigenvalue weighted by atomic mass is 10.1. The predicted molar refractivity (Wildman–Crippen MR) is 51.5 cm³/mol. The van der Waals surface area contributed by atoms with Crippen molar-refractivity contribution in [2.75, 3.05) is 7.11 Å². The van der Waals surface area contributed by atoms with Gasteiger partial charge in [0.05, 0.1) is 7.11 Å². The van der Waals surface area contributed by atoms with Crippen LogP contribution >= 0.6 is 0 Å². The number of halogens is 1. The van der Waals surface area contributed by atoms with Gasteiger partial charge in [-0.3, -0.25) is 0 Å². The number of benzene rings is 1. The lowest BCUT2D eigenvalue weighted by Gasteiger charge is -2.04. The Balaban J connectivity index is 2.79. The van der Waals surface area contributed by atoms with Crippen molar-refractivity contribution in [2.45, 2.75) is 12.8 Å². The summed E-state index contributed by atoms with van der Waals surface area (Å²) in [6.07, 6.45) is 3.62. The first-order valence-electron chi connectivity index (χ1n) is 4.21. The molecular weight excluding hydrogens is 167 g/mol. The quantitative estimate of drug-likeness (QED) is 0.647. The average Bonchev–Trinajstić information content (AvgIpc) is 2.16. The van der Waals surface area contributed by atoms with Crippen molar-refractivity contribution in [3.8, 4) is 5.75 Å². The molecule has 0 saturated carbocycles. The highest BCUT2D eigenvalue weighted by molar-refractivity contribution is 5.30. The molecule has 0 heterocycles. The van der Waals surface area contributed by atoms with Gasteiger partial charge in [-0.2, -0.15) is 0 Å². The zero-order chi connectivity index (χ0) is 9.68. The third-order valence-electron chi connectivity index (χ3n) is 1.85. The lowest BCUT2D eigenvalue weighted by molar-refractivity contribution is 0.386. The van der Waals surface area contributed by atoms with E-state index in [1.807, 2.05) is 6.08 Å². The molecule has 0 atom stereocenters. The summed E-state index contributed by atoms with van der Waals surface area (Å²) in [5, 5.41) is 0. The van der Waals surface area contributed by atoms with Gasteiger partial charge in [0.25, 0.3) is 0 Å². The molecule has 0 unspecified atom stereocenters. The highest BCUT2D eigenvalue weighted by atomic mass is 19.1. The van der Waals surface area contributed by atoms with Crippen molar-refractivity contribution < 1.29 is 9.13 Å². The molecule has 0 radical (unpaired) electrons. The molecule has 13 heavy (non-hydrogen) atoms. The summed E-state index contributed by atoms with van der Waals surface area (Å²) in [5.41, 5.74) is 1.07. The van der Waals surface area contributed by atoms with Crippen LogP contribution in [-0.4, -0.2) is 7.11 Å². The molecule has 0 saturated heterocycles. The van der Waals surface area contributed by atoms with Crippen molar-refractivity contribution in [3.05, 3.63) is 42.2 Å². The molecule has 2 heteroatoms. The van der Waals surface area contributed by atoms with Gasteiger partial charge < -0.3 is 4.74 Å². The molecule has 0 fully saturated rings. The zero-order valence-corrected chi connectivity index (χ0v) is 7.72. The Kier molecular flexibility index (Phi) is 3.50. The van der Waals surface area contributed by atoms with Crippen LogP contribution in [0.2, 0.25) is 0 Å². The first-order valence-corrected chi connectivity index (χ1v) is 4.21. The summed E-state index contributed by atoms with van der Waals surface area (Å²) >= 11 is 0. The van der Waals surface area contributed by atoms with E-state index in [4.69, 9.17) is 4.74 Å². The second-order valence-electron chi connectivity index (χ2n) is 2.80. The fourth-order valence-corrected chi connectivity index (χ4v) is 1.13. The summed E-state index contributed by atoms with van der Waals surface area (Å²) in [4.78, 5) is 0. The van der Waals surface area contributed by atoms with Gasteiger partial charge in [0, 0.05) is 0 Å². The molecule has 0 aromatic heterocycles. The maximum absolute atomic E-state index is 12.9. The molecule has 0 spiro atoms. The fourth-order valence-electron chi connectivity index (χ4n) is 1.13. The fraction of sp³-hybridized carbons (Fsp3) is 0.273. The molecule has 70 valence electrons. The Hall–Kier alpha value is -1.31. The summed E-state index contributed by atoms with van der Waals surface area (Å²) in [6, 6.07) is 4.91. The number of aryl methyl sites for hydroxylation is 1. The molecule has 0 aliphatic rings. The highest BCUT2D eigenvalue weighted by Crippen LogP contribution is 2.18. The summed E-state index contributed by atoms with van der Waals surface area (Å²) in [7, 11) is 1.47. The van der Waals surface area contributed by atoms with Gasteiger partial charge in [-0.05, 0) is 30.5 Å². The van der Waals surface area contributed by atoms with Gasteiger partial charge in [-0.25, -0.2) is 4.39 Å². The number of methoxy groups -OCH3 is 1. The molecule has 0 aliphatic carbocycles. The first kappa shape index (κ1) is 9.78. The minimum Gasteiger partial charge on any atom is -0.494 e. The Morgan fingerprint density at radius 3 is 2.92 bits per heavy atom. The van der Waals surface area contributed by atoms with E-state index in [1.54, 1.807) is 12.1 Å². The van der Waals surface area contributed by atoms with E-state index < -0.39 is 0 Å². The van der Waals surface area contributed by atoms with E-state index in [-0.39, 0.29) is 5.82 Å². The molecule has 1 aromatic carbocycles. The molecule has 1 rings (SSSR count). The number of hydrogen-bond acceptors (Lipinski definition) is 1. The minimum absolute atomic E-state index is 0.307. The predicted octanol–water partition coefficient (Wildman–Crippen LogP) is 2.95. The third-order valence-corrected chi connectivity index (χ3v) is 1.85. The number of ether oxygens (including phenoxy) is 1. The van der Waals surface area contributed by atoms with E-state index in [0.717, 1.165) is 18.4 Å². The largest absolute Gasteiger partial charge is 0.494 e. The van der Waals surface area contributed by atoms with Crippen LogP contribution < -0.4 is 4.74 Å². The standard InChI is InChI=1S/C11H13FO/c1-3-4-5-9-6-7-10(12)11(8-9)13-2/h3,6-8H,1,4-5H2,2H3.